The van der Waals surface area contributed by atoms with Crippen molar-refractivity contribution in [1.29, 1.82) is 0 Å². The minimum absolute atomic E-state index is 0.723. The second kappa shape index (κ2) is 15.8. The Kier molecular flexibility index (Phi) is 13.1. The van der Waals surface area contributed by atoms with E-state index in [1.165, 1.54) is 0 Å². The van der Waals surface area contributed by atoms with Crippen molar-refractivity contribution < 1.29 is 94.2 Å². The average molecular weight is 675 g/mol. The molecule has 0 spiro atoms. The van der Waals surface area contributed by atoms with Crippen LogP contribution in [0.4, 0.5) is 0 Å². The fourth-order valence-corrected chi connectivity index (χ4v) is 5.45. The van der Waals surface area contributed by atoms with Crippen LogP contribution in [0.1, 0.15) is 20.3 Å². The van der Waals surface area contributed by atoms with Crippen LogP contribution in [0.5, 0.6) is 0 Å². The number of aliphatic carboxylic acids is 1. The minimum atomic E-state index is -2.84. The van der Waals surface area contributed by atoms with E-state index in [0.29, 0.717) is 0 Å². The molecule has 3 heterocycles. The number of carbonyl (C=O) groups is 3. The average Bonchev–Trinajstić information content (AvgIpc) is 2.99. The number of nitrogens with one attached hydrogen (secondary N) is 2. The Morgan fingerprint density at radius 2 is 1.48 bits per heavy atom. The molecule has 16 unspecified atom stereocenters. The van der Waals surface area contributed by atoms with Gasteiger partial charge in [0, 0.05) is 20.3 Å². The maximum atomic E-state index is 12.5. The Labute approximate surface area is 260 Å². The van der Waals surface area contributed by atoms with Crippen molar-refractivity contribution >= 4 is 17.8 Å². The van der Waals surface area contributed by atoms with Crippen molar-refractivity contribution in [3.05, 3.63) is 0 Å². The summed E-state index contributed by atoms with van der Waals surface area (Å²) in [5.74, 6) is -6.18. The SMILES string of the molecule is CC(=O)NC1C(O)CC(OCC2OC(O)C(NC(C)=O)C(OC3OC(CO)C(O)C(O)C3O)C2O)(C(=O)O)OC1C(O)C(O)CO. The van der Waals surface area contributed by atoms with Crippen molar-refractivity contribution in [3.63, 3.8) is 0 Å². The first-order valence-corrected chi connectivity index (χ1v) is 14.2. The molecule has 266 valence electrons. The molecule has 3 aliphatic rings. The van der Waals surface area contributed by atoms with Gasteiger partial charge in [-0.25, -0.2) is 4.79 Å². The summed E-state index contributed by atoms with van der Waals surface area (Å²) >= 11 is 0. The largest absolute Gasteiger partial charge is 0.477 e. The quantitative estimate of drug-likeness (QED) is 0.0913. The van der Waals surface area contributed by atoms with Crippen LogP contribution >= 0.6 is 0 Å². The molecule has 0 aromatic heterocycles. The van der Waals surface area contributed by atoms with Gasteiger partial charge in [-0.2, -0.15) is 0 Å². The number of ether oxygens (including phenoxy) is 5. The summed E-state index contributed by atoms with van der Waals surface area (Å²) < 4.78 is 27.2. The molecule has 0 radical (unpaired) electrons. The first-order valence-electron chi connectivity index (χ1n) is 14.2. The number of carboxylic acids is 1. The summed E-state index contributed by atoms with van der Waals surface area (Å²) in [6.07, 6.45) is -24.8. The lowest BCUT2D eigenvalue weighted by Gasteiger charge is -2.48. The van der Waals surface area contributed by atoms with Gasteiger partial charge >= 0.3 is 5.97 Å². The van der Waals surface area contributed by atoms with Crippen molar-refractivity contribution in [1.82, 2.24) is 10.6 Å². The van der Waals surface area contributed by atoms with E-state index in [1.807, 2.05) is 0 Å². The van der Waals surface area contributed by atoms with Crippen LogP contribution in [0, 0.1) is 0 Å². The molecule has 0 bridgehead atoms. The number of carbonyl (C=O) groups excluding carboxylic acids is 2. The third kappa shape index (κ3) is 8.26. The van der Waals surface area contributed by atoms with Crippen LogP contribution < -0.4 is 10.6 Å². The first kappa shape index (κ1) is 38.3. The third-order valence-corrected chi connectivity index (χ3v) is 7.87. The zero-order valence-electron chi connectivity index (χ0n) is 24.7. The molecule has 0 aromatic carbocycles. The second-order valence-electron chi connectivity index (χ2n) is 11.3. The Morgan fingerprint density at radius 1 is 0.870 bits per heavy atom. The predicted molar refractivity (Wildman–Crippen MR) is 142 cm³/mol. The summed E-state index contributed by atoms with van der Waals surface area (Å²) in [5.41, 5.74) is 0. The van der Waals surface area contributed by atoms with Gasteiger partial charge in [0.1, 0.15) is 67.1 Å². The van der Waals surface area contributed by atoms with Gasteiger partial charge in [0.15, 0.2) is 12.6 Å². The Hall–Kier alpha value is -2.19. The molecular weight excluding hydrogens is 632 g/mol. The highest BCUT2D eigenvalue weighted by molar-refractivity contribution is 5.76. The molecule has 21 heteroatoms. The topological polar surface area (TPSA) is 344 Å². The van der Waals surface area contributed by atoms with E-state index in [0.717, 1.165) is 13.8 Å². The molecule has 3 aliphatic heterocycles. The monoisotopic (exact) mass is 674 g/mol. The number of aliphatic hydroxyl groups excluding tert-OH is 10. The van der Waals surface area contributed by atoms with E-state index in [9.17, 15) is 70.6 Å². The van der Waals surface area contributed by atoms with Crippen molar-refractivity contribution in [3.8, 4) is 0 Å². The van der Waals surface area contributed by atoms with Gasteiger partial charge in [-0.15, -0.1) is 0 Å². The number of rotatable bonds is 12. The van der Waals surface area contributed by atoms with Crippen LogP contribution in [0.25, 0.3) is 0 Å². The maximum Gasteiger partial charge on any atom is 0.364 e. The minimum Gasteiger partial charge on any atom is -0.477 e. The zero-order chi connectivity index (χ0) is 34.7. The highest BCUT2D eigenvalue weighted by Gasteiger charge is 2.57. The van der Waals surface area contributed by atoms with Gasteiger partial charge in [-0.3, -0.25) is 9.59 Å². The molecule has 0 aliphatic carbocycles. The lowest BCUT2D eigenvalue weighted by Crippen LogP contribution is -2.69. The van der Waals surface area contributed by atoms with Crippen LogP contribution in [0.3, 0.4) is 0 Å². The highest BCUT2D eigenvalue weighted by Crippen LogP contribution is 2.35. The molecule has 46 heavy (non-hydrogen) atoms. The van der Waals surface area contributed by atoms with E-state index >= 15 is 0 Å². The molecule has 16 atom stereocenters. The van der Waals surface area contributed by atoms with Gasteiger partial charge in [0.05, 0.1) is 32.0 Å². The zero-order valence-corrected chi connectivity index (χ0v) is 24.7. The smallest absolute Gasteiger partial charge is 0.364 e. The van der Waals surface area contributed by atoms with Gasteiger partial charge in [0.25, 0.3) is 5.79 Å². The summed E-state index contributed by atoms with van der Waals surface area (Å²) in [4.78, 5) is 36.0. The standard InChI is InChI=1S/C25H42N2O19/c1-7(30)26-13-9(32)3-25(24(40)41,46-21(13)15(34)10(33)4-28)42-6-12-17(36)20(14(22(39)43-12)27-8(2)31)45-23-19(38)18(37)16(35)11(5-29)44-23/h9-23,28-29,32-39H,3-6H2,1-2H3,(H,26,30)(H,27,31)(H,40,41). The third-order valence-electron chi connectivity index (χ3n) is 7.87. The molecule has 3 fully saturated rings. The molecule has 21 nitrogen and oxygen atoms in total. The Morgan fingerprint density at radius 3 is 2.02 bits per heavy atom. The van der Waals surface area contributed by atoms with E-state index < -0.39 is 142 Å². The van der Waals surface area contributed by atoms with Crippen molar-refractivity contribution in [2.45, 2.75) is 118 Å². The van der Waals surface area contributed by atoms with Gasteiger partial charge < -0.3 is 90.5 Å². The fourth-order valence-electron chi connectivity index (χ4n) is 5.45. The van der Waals surface area contributed by atoms with Crippen molar-refractivity contribution in [2.75, 3.05) is 19.8 Å². The number of carboxylic acid groups (broad SMARTS) is 1. The molecule has 3 rings (SSSR count). The normalized spacial score (nSPS) is 42.9. The van der Waals surface area contributed by atoms with Crippen molar-refractivity contribution in [2.24, 2.45) is 0 Å². The number of aliphatic hydroxyl groups is 10. The predicted octanol–water partition coefficient (Wildman–Crippen LogP) is -8.08. The highest BCUT2D eigenvalue weighted by atomic mass is 16.7. The van der Waals surface area contributed by atoms with Crippen LogP contribution in [-0.2, 0) is 38.1 Å². The summed E-state index contributed by atoms with van der Waals surface area (Å²) in [5, 5.41) is 117. The van der Waals surface area contributed by atoms with E-state index in [4.69, 9.17) is 23.7 Å². The number of hydrogen-bond donors (Lipinski definition) is 13. The molecule has 2 amide bonds. The molecule has 13 N–H and O–H groups in total. The maximum absolute atomic E-state index is 12.5. The second-order valence-corrected chi connectivity index (χ2v) is 11.3. The van der Waals surface area contributed by atoms with E-state index in [2.05, 4.69) is 10.6 Å². The van der Waals surface area contributed by atoms with Gasteiger partial charge in [0.2, 0.25) is 11.8 Å². The molecular formula is C25H42N2O19. The van der Waals surface area contributed by atoms with Crippen LogP contribution in [-0.4, -0.2) is 191 Å². The molecule has 0 saturated carbocycles. The van der Waals surface area contributed by atoms with Gasteiger partial charge in [-0.05, 0) is 0 Å². The van der Waals surface area contributed by atoms with Crippen LogP contribution in [0.15, 0.2) is 0 Å². The summed E-state index contributed by atoms with van der Waals surface area (Å²) in [6.45, 7) is -0.705. The fraction of sp³-hybridized carbons (Fsp3) is 0.880. The summed E-state index contributed by atoms with van der Waals surface area (Å²) in [6, 6.07) is -3.06. The lowest BCUT2D eigenvalue weighted by molar-refractivity contribution is -0.351. The van der Waals surface area contributed by atoms with E-state index in [1.54, 1.807) is 0 Å². The first-order chi connectivity index (χ1) is 21.5. The summed E-state index contributed by atoms with van der Waals surface area (Å²) in [7, 11) is 0. The molecule has 3 saturated heterocycles. The van der Waals surface area contributed by atoms with E-state index in [-0.39, 0.29) is 0 Å². The van der Waals surface area contributed by atoms with Crippen LogP contribution in [0.2, 0.25) is 0 Å². The molecule has 0 aromatic rings. The Balaban J connectivity index is 1.87. The lowest BCUT2D eigenvalue weighted by atomic mass is 9.88. The van der Waals surface area contributed by atoms with Gasteiger partial charge in [-0.1, -0.05) is 0 Å². The number of amides is 2. The number of hydrogen-bond acceptors (Lipinski definition) is 18. The Bertz CT molecular complexity index is 1050.